The maximum absolute atomic E-state index is 15.4. The minimum atomic E-state index is -4.41. The van der Waals surface area contributed by atoms with E-state index < -0.39 is 61.4 Å². The van der Waals surface area contributed by atoms with Crippen LogP contribution in [0, 0.1) is 11.8 Å². The maximum Gasteiger partial charge on any atom is 0.238 e. The first-order valence-corrected chi connectivity index (χ1v) is 26.7. The molecule has 2 aliphatic heterocycles. The van der Waals surface area contributed by atoms with Gasteiger partial charge in [0.05, 0.1) is 36.1 Å². The van der Waals surface area contributed by atoms with Crippen LogP contribution in [0.25, 0.3) is 0 Å². The maximum atomic E-state index is 15.4. The topological polar surface area (TPSA) is 97.4 Å². The van der Waals surface area contributed by atoms with Gasteiger partial charge in [-0.1, -0.05) is 104 Å². The first-order valence-electron chi connectivity index (χ1n) is 19.8. The van der Waals surface area contributed by atoms with Gasteiger partial charge < -0.3 is 23.1 Å². The molecule has 0 spiro atoms. The molecule has 0 aromatic heterocycles. The van der Waals surface area contributed by atoms with Gasteiger partial charge in [0.1, 0.15) is 0 Å². The molecule has 11 heteroatoms. The fourth-order valence-corrected chi connectivity index (χ4v) is 13.5. The Kier molecular flexibility index (Phi) is 15.0. The molecule has 0 bridgehead atoms. The summed E-state index contributed by atoms with van der Waals surface area (Å²) in [5.41, 5.74) is 1.12. The van der Waals surface area contributed by atoms with Crippen molar-refractivity contribution in [2.24, 2.45) is 11.8 Å². The van der Waals surface area contributed by atoms with Crippen LogP contribution in [0.2, 0.25) is 36.3 Å². The third-order valence-electron chi connectivity index (χ3n) is 12.3. The first-order chi connectivity index (χ1) is 25.0. The van der Waals surface area contributed by atoms with E-state index in [1.165, 1.54) is 6.26 Å². The van der Waals surface area contributed by atoms with Crippen molar-refractivity contribution in [3.8, 4) is 0 Å². The van der Waals surface area contributed by atoms with Crippen LogP contribution in [0.5, 0.6) is 0 Å². The summed E-state index contributed by atoms with van der Waals surface area (Å²) in [7, 11) is -8.91. The van der Waals surface area contributed by atoms with Crippen LogP contribution in [0.4, 0.5) is 0 Å². The Hall–Kier alpha value is -2.13. The summed E-state index contributed by atoms with van der Waals surface area (Å²) in [4.78, 5) is 13.2. The van der Waals surface area contributed by atoms with Crippen molar-refractivity contribution in [3.05, 3.63) is 78.6 Å². The lowest BCUT2D eigenvalue weighted by atomic mass is 9.83. The molecule has 0 radical (unpaired) electrons. The summed E-state index contributed by atoms with van der Waals surface area (Å²) in [5, 5.41) is -0.133. The van der Waals surface area contributed by atoms with Gasteiger partial charge in [-0.05, 0) is 79.3 Å². The number of benzene rings is 2. The molecule has 1 unspecified atom stereocenters. The predicted molar refractivity (Wildman–Crippen MR) is 217 cm³/mol. The highest BCUT2D eigenvalue weighted by Crippen LogP contribution is 2.48. The van der Waals surface area contributed by atoms with Crippen molar-refractivity contribution in [3.63, 3.8) is 0 Å². The van der Waals surface area contributed by atoms with E-state index in [0.29, 0.717) is 19.6 Å². The molecule has 7 atom stereocenters. The second-order valence-electron chi connectivity index (χ2n) is 16.7. The minimum Gasteiger partial charge on any atom is -0.490 e. The van der Waals surface area contributed by atoms with Crippen LogP contribution < -0.4 is 0 Å². The Morgan fingerprint density at radius 3 is 2.08 bits per heavy atom. The molecule has 0 N–H and O–H groups in total. The quantitative estimate of drug-likeness (QED) is 0.109. The average molecular weight is 787 g/mol. The molecular formula is C42H66O8SSi2. The SMILES string of the molecule is CC[Si](CC)(CC)O[C@H]1C=CO[C@@H](C(=O)C2(S(=O)(=O)c3ccccc3)C[C@H](O[Si](C)(C)C(C)(C)C)[C@@H](C)[C@@H](CCCCOCc3ccccc3)O2)[C@H]1C. The monoisotopic (exact) mass is 786 g/mol. The fraction of sp³-hybridized carbons (Fsp3) is 0.643. The average Bonchev–Trinajstić information content (AvgIpc) is 3.14. The van der Waals surface area contributed by atoms with Crippen molar-refractivity contribution in [2.45, 2.75) is 158 Å². The van der Waals surface area contributed by atoms with Gasteiger partial charge in [0.25, 0.3) is 0 Å². The van der Waals surface area contributed by atoms with E-state index >= 15 is 13.2 Å². The molecule has 53 heavy (non-hydrogen) atoms. The number of ether oxygens (including phenoxy) is 3. The lowest BCUT2D eigenvalue weighted by Gasteiger charge is -2.51. The Labute approximate surface area is 322 Å². The number of unbranched alkanes of at least 4 members (excludes halogenated alkanes) is 1. The van der Waals surface area contributed by atoms with Gasteiger partial charge in [-0.2, -0.15) is 0 Å². The van der Waals surface area contributed by atoms with Crippen LogP contribution in [0.1, 0.15) is 86.6 Å². The largest absolute Gasteiger partial charge is 0.490 e. The van der Waals surface area contributed by atoms with Gasteiger partial charge >= 0.3 is 0 Å². The van der Waals surface area contributed by atoms with E-state index in [-0.39, 0.29) is 28.4 Å². The number of hydrogen-bond donors (Lipinski definition) is 0. The number of rotatable bonds is 18. The molecule has 0 amide bonds. The molecule has 2 aliphatic rings. The molecule has 8 nitrogen and oxygen atoms in total. The first kappa shape index (κ1) is 43.6. The standard InChI is InChI=1S/C42H66O8SSi2/c1-11-53(12-2,13-3)50-37-27-29-47-39(33(37)5)40(43)42(51(44,45)35-24-18-15-19-25-35)30-38(49-52(9,10)41(6,7)8)32(4)36(48-42)26-20-21-28-46-31-34-22-16-14-17-23-34/h14-19,22-25,27,29,32-33,36-39H,11-13,20-21,26,28,30-31H2,1-10H3/t32-,33-,36+,37-,38-,39+,42?/m0/s1. The summed E-state index contributed by atoms with van der Waals surface area (Å²) in [5.74, 6) is -1.18. The van der Waals surface area contributed by atoms with E-state index in [0.717, 1.165) is 36.5 Å². The molecule has 296 valence electrons. The fourth-order valence-electron chi connectivity index (χ4n) is 7.32. The summed E-state index contributed by atoms with van der Waals surface area (Å²) in [6, 6.07) is 21.2. The lowest BCUT2D eigenvalue weighted by Crippen LogP contribution is -2.64. The normalized spacial score (nSPS) is 27.0. The molecular weight excluding hydrogens is 721 g/mol. The van der Waals surface area contributed by atoms with Crippen LogP contribution in [-0.2, 0) is 44.3 Å². The van der Waals surface area contributed by atoms with Crippen molar-refractivity contribution in [1.29, 1.82) is 0 Å². The molecule has 2 heterocycles. The predicted octanol–water partition coefficient (Wildman–Crippen LogP) is 9.87. The number of hydrogen-bond acceptors (Lipinski definition) is 8. The molecule has 0 saturated carbocycles. The molecule has 1 saturated heterocycles. The second-order valence-corrected chi connectivity index (χ2v) is 28.3. The molecule has 0 aliphatic carbocycles. The smallest absolute Gasteiger partial charge is 0.238 e. The second kappa shape index (κ2) is 18.2. The van der Waals surface area contributed by atoms with E-state index in [9.17, 15) is 0 Å². The molecule has 2 aromatic rings. The third-order valence-corrected chi connectivity index (χ3v) is 23.7. The molecule has 2 aromatic carbocycles. The van der Waals surface area contributed by atoms with Crippen LogP contribution in [0.15, 0.2) is 77.9 Å². The van der Waals surface area contributed by atoms with Gasteiger partial charge in [0.2, 0.25) is 20.6 Å². The van der Waals surface area contributed by atoms with Crippen LogP contribution in [-0.4, -0.2) is 66.8 Å². The van der Waals surface area contributed by atoms with Crippen molar-refractivity contribution in [2.75, 3.05) is 6.61 Å². The molecule has 4 rings (SSSR count). The van der Waals surface area contributed by atoms with E-state index in [4.69, 9.17) is 23.1 Å². The number of sulfone groups is 1. The number of carbonyl (C=O) groups excluding carboxylic acids is 1. The van der Waals surface area contributed by atoms with Gasteiger partial charge in [0.15, 0.2) is 22.7 Å². The number of Topliss-reactive ketones (excluding diaryl/α,β-unsaturated/α-hetero) is 1. The Bertz CT molecular complexity index is 1580. The highest BCUT2D eigenvalue weighted by atomic mass is 32.2. The zero-order valence-electron chi connectivity index (χ0n) is 33.9. The Morgan fingerprint density at radius 2 is 1.49 bits per heavy atom. The van der Waals surface area contributed by atoms with Crippen LogP contribution >= 0.6 is 0 Å². The lowest BCUT2D eigenvalue weighted by molar-refractivity contribution is -0.179. The zero-order valence-corrected chi connectivity index (χ0v) is 36.7. The zero-order chi connectivity index (χ0) is 39.1. The summed E-state index contributed by atoms with van der Waals surface area (Å²) >= 11 is 0. The highest BCUT2D eigenvalue weighted by molar-refractivity contribution is 7.93. The molecule has 1 fully saturated rings. The number of carbonyl (C=O) groups is 1. The Balaban J connectivity index is 1.72. The minimum absolute atomic E-state index is 0.0446. The van der Waals surface area contributed by atoms with Crippen molar-refractivity contribution in [1.82, 2.24) is 0 Å². The van der Waals surface area contributed by atoms with Crippen LogP contribution in [0.3, 0.4) is 0 Å². The third kappa shape index (κ3) is 9.82. The Morgan fingerprint density at radius 1 is 0.887 bits per heavy atom. The number of ketones is 1. The van der Waals surface area contributed by atoms with Gasteiger partial charge in [0, 0.05) is 24.9 Å². The van der Waals surface area contributed by atoms with Crippen molar-refractivity contribution < 1.29 is 36.3 Å². The summed E-state index contributed by atoms with van der Waals surface area (Å²) < 4.78 is 63.3. The van der Waals surface area contributed by atoms with Gasteiger partial charge in [-0.15, -0.1) is 0 Å². The van der Waals surface area contributed by atoms with E-state index in [1.54, 1.807) is 30.3 Å². The summed E-state index contributed by atoms with van der Waals surface area (Å²) in [6.07, 6.45) is 2.78. The van der Waals surface area contributed by atoms with E-state index in [1.807, 2.05) is 43.3 Å². The van der Waals surface area contributed by atoms with E-state index in [2.05, 4.69) is 61.6 Å². The highest BCUT2D eigenvalue weighted by Gasteiger charge is 2.63. The van der Waals surface area contributed by atoms with Gasteiger partial charge in [-0.25, -0.2) is 8.42 Å². The van der Waals surface area contributed by atoms with Gasteiger partial charge in [-0.3, -0.25) is 4.79 Å². The van der Waals surface area contributed by atoms with Crippen molar-refractivity contribution >= 4 is 32.3 Å². The summed E-state index contributed by atoms with van der Waals surface area (Å²) in [6.45, 7) is 22.5.